The van der Waals surface area contributed by atoms with E-state index in [1.807, 2.05) is 37.3 Å². The predicted molar refractivity (Wildman–Crippen MR) is 114 cm³/mol. The number of benzene rings is 2. The van der Waals surface area contributed by atoms with Gasteiger partial charge in [0.05, 0.1) is 22.9 Å². The van der Waals surface area contributed by atoms with Crippen LogP contribution in [-0.4, -0.2) is 32.7 Å². The molecule has 8 heteroatoms. The molecule has 2 N–H and O–H groups in total. The van der Waals surface area contributed by atoms with Crippen LogP contribution in [0.25, 0.3) is 0 Å². The lowest BCUT2D eigenvalue weighted by Crippen LogP contribution is -2.30. The van der Waals surface area contributed by atoms with Gasteiger partial charge in [0, 0.05) is 11.8 Å². The highest BCUT2D eigenvalue weighted by Crippen LogP contribution is 2.29. The molecular weight excluding hydrogens is 396 g/mol. The van der Waals surface area contributed by atoms with Gasteiger partial charge in [-0.3, -0.25) is 4.79 Å². The maximum absolute atomic E-state index is 12.6. The van der Waals surface area contributed by atoms with E-state index in [1.54, 1.807) is 13.8 Å². The minimum Gasteiger partial charge on any atom is -0.495 e. The molecular formula is C20H26N2O4S2. The molecule has 0 spiro atoms. The predicted octanol–water partition coefficient (Wildman–Crippen LogP) is 3.64. The van der Waals surface area contributed by atoms with Crippen molar-refractivity contribution in [3.63, 3.8) is 0 Å². The summed E-state index contributed by atoms with van der Waals surface area (Å²) < 4.78 is 32.6. The van der Waals surface area contributed by atoms with Crippen LogP contribution in [0.2, 0.25) is 0 Å². The first-order chi connectivity index (χ1) is 13.2. The zero-order valence-corrected chi connectivity index (χ0v) is 18.1. The van der Waals surface area contributed by atoms with Crippen molar-refractivity contribution < 1.29 is 17.9 Å². The molecule has 0 aliphatic carbocycles. The lowest BCUT2D eigenvalue weighted by Gasteiger charge is -2.16. The molecule has 0 radical (unpaired) electrons. The Morgan fingerprint density at radius 2 is 1.79 bits per heavy atom. The summed E-state index contributed by atoms with van der Waals surface area (Å²) >= 11 is 1.51. The van der Waals surface area contributed by atoms with Gasteiger partial charge < -0.3 is 10.1 Å². The Morgan fingerprint density at radius 3 is 2.39 bits per heavy atom. The average Bonchev–Trinajstić information content (AvgIpc) is 2.65. The monoisotopic (exact) mass is 422 g/mol. The number of thioether (sulfide) groups is 1. The van der Waals surface area contributed by atoms with Crippen molar-refractivity contribution in [1.82, 2.24) is 4.72 Å². The fourth-order valence-electron chi connectivity index (χ4n) is 2.44. The third kappa shape index (κ3) is 6.25. The second kappa shape index (κ2) is 9.95. The van der Waals surface area contributed by atoms with Gasteiger partial charge in [0.15, 0.2) is 0 Å². The van der Waals surface area contributed by atoms with E-state index in [2.05, 4.69) is 10.0 Å². The van der Waals surface area contributed by atoms with Gasteiger partial charge in [-0.15, -0.1) is 11.8 Å². The van der Waals surface area contributed by atoms with Crippen LogP contribution in [0.5, 0.6) is 5.75 Å². The van der Waals surface area contributed by atoms with E-state index in [4.69, 9.17) is 4.74 Å². The Labute approximate surface area is 171 Å². The van der Waals surface area contributed by atoms with E-state index in [-0.39, 0.29) is 22.1 Å². The van der Waals surface area contributed by atoms with E-state index >= 15 is 0 Å². The van der Waals surface area contributed by atoms with E-state index < -0.39 is 10.0 Å². The maximum Gasteiger partial charge on any atom is 0.240 e. The Kier molecular flexibility index (Phi) is 7.91. The number of hydrogen-bond acceptors (Lipinski definition) is 5. The largest absolute Gasteiger partial charge is 0.495 e. The molecule has 0 aliphatic rings. The molecule has 0 bridgehead atoms. The van der Waals surface area contributed by atoms with Crippen LogP contribution < -0.4 is 14.8 Å². The number of anilines is 1. The number of amides is 1. The zero-order valence-electron chi connectivity index (χ0n) is 16.4. The van der Waals surface area contributed by atoms with Crippen molar-refractivity contribution in [3.8, 4) is 5.75 Å². The maximum atomic E-state index is 12.6. The van der Waals surface area contributed by atoms with Gasteiger partial charge in [0.1, 0.15) is 5.75 Å². The fraction of sp³-hybridized carbons (Fsp3) is 0.350. The molecule has 0 saturated heterocycles. The number of carbonyl (C=O) groups excluding carboxylic acids is 1. The molecule has 152 valence electrons. The smallest absolute Gasteiger partial charge is 0.240 e. The minimum absolute atomic E-state index is 0.0712. The van der Waals surface area contributed by atoms with Crippen LogP contribution in [-0.2, 0) is 20.6 Å². The van der Waals surface area contributed by atoms with Gasteiger partial charge in [-0.2, -0.15) is 0 Å². The average molecular weight is 423 g/mol. The number of sulfonamides is 1. The minimum atomic E-state index is -3.67. The third-order valence-corrected chi connectivity index (χ3v) is 6.71. The van der Waals surface area contributed by atoms with Gasteiger partial charge in [-0.25, -0.2) is 13.1 Å². The number of carbonyl (C=O) groups is 1. The first kappa shape index (κ1) is 22.3. The Bertz CT molecular complexity index is 900. The molecule has 0 heterocycles. The summed E-state index contributed by atoms with van der Waals surface area (Å²) in [5.74, 6) is 0.891. The summed E-state index contributed by atoms with van der Waals surface area (Å²) in [6.45, 7) is 5.31. The quantitative estimate of drug-likeness (QED) is 0.644. The van der Waals surface area contributed by atoms with Gasteiger partial charge in [-0.05, 0) is 44.5 Å². The third-order valence-electron chi connectivity index (χ3n) is 3.84. The molecule has 1 atom stereocenters. The van der Waals surface area contributed by atoms with Crippen LogP contribution in [0.3, 0.4) is 0 Å². The van der Waals surface area contributed by atoms with Gasteiger partial charge >= 0.3 is 0 Å². The van der Waals surface area contributed by atoms with Crippen LogP contribution in [0, 0.1) is 0 Å². The summed E-state index contributed by atoms with van der Waals surface area (Å²) in [6.07, 6.45) is 0. The lowest BCUT2D eigenvalue weighted by molar-refractivity contribution is -0.115. The van der Waals surface area contributed by atoms with Gasteiger partial charge in [0.2, 0.25) is 15.9 Å². The number of rotatable bonds is 9. The lowest BCUT2D eigenvalue weighted by atomic mass is 10.2. The van der Waals surface area contributed by atoms with E-state index in [0.717, 1.165) is 5.56 Å². The number of hydrogen-bond donors (Lipinski definition) is 2. The molecule has 2 aromatic rings. The standard InChI is InChI=1S/C20H26N2O4S2/c1-14(2)22-28(24,25)17-10-11-19(26-4)18(12-17)21-20(23)15(3)27-13-16-8-6-5-7-9-16/h5-12,14-15,22H,13H2,1-4H3,(H,21,23). The van der Waals surface area contributed by atoms with Gasteiger partial charge in [0.25, 0.3) is 0 Å². The Balaban J connectivity index is 2.12. The van der Waals surface area contributed by atoms with Crippen molar-refractivity contribution in [2.45, 2.75) is 42.7 Å². The summed E-state index contributed by atoms with van der Waals surface area (Å²) in [4.78, 5) is 12.7. The molecule has 2 rings (SSSR count). The molecule has 0 saturated carbocycles. The second-order valence-corrected chi connectivity index (χ2v) is 9.61. The highest BCUT2D eigenvalue weighted by atomic mass is 32.2. The highest BCUT2D eigenvalue weighted by molar-refractivity contribution is 7.99. The van der Waals surface area contributed by atoms with E-state index in [0.29, 0.717) is 17.2 Å². The number of methoxy groups -OCH3 is 1. The van der Waals surface area contributed by atoms with Crippen molar-refractivity contribution in [2.24, 2.45) is 0 Å². The second-order valence-electron chi connectivity index (χ2n) is 6.57. The summed E-state index contributed by atoms with van der Waals surface area (Å²) in [6, 6.07) is 14.1. The zero-order chi connectivity index (χ0) is 20.7. The Morgan fingerprint density at radius 1 is 1.11 bits per heavy atom. The molecule has 0 aromatic heterocycles. The topological polar surface area (TPSA) is 84.5 Å². The van der Waals surface area contributed by atoms with Crippen molar-refractivity contribution in [1.29, 1.82) is 0 Å². The number of nitrogens with one attached hydrogen (secondary N) is 2. The summed E-state index contributed by atoms with van der Waals surface area (Å²) in [7, 11) is -2.20. The van der Waals surface area contributed by atoms with Crippen LogP contribution in [0.15, 0.2) is 53.4 Å². The first-order valence-corrected chi connectivity index (χ1v) is 11.4. The summed E-state index contributed by atoms with van der Waals surface area (Å²) in [5, 5.41) is 2.47. The van der Waals surface area contributed by atoms with Crippen molar-refractivity contribution >= 4 is 33.4 Å². The van der Waals surface area contributed by atoms with Crippen LogP contribution >= 0.6 is 11.8 Å². The first-order valence-electron chi connectivity index (χ1n) is 8.89. The molecule has 28 heavy (non-hydrogen) atoms. The fourth-order valence-corrected chi connectivity index (χ4v) is 4.56. The molecule has 2 aromatic carbocycles. The molecule has 0 aliphatic heterocycles. The van der Waals surface area contributed by atoms with Crippen LogP contribution in [0.4, 0.5) is 5.69 Å². The van der Waals surface area contributed by atoms with E-state index in [9.17, 15) is 13.2 Å². The molecule has 6 nitrogen and oxygen atoms in total. The Hall–Kier alpha value is -2.03. The molecule has 1 unspecified atom stereocenters. The molecule has 1 amide bonds. The molecule has 0 fully saturated rings. The SMILES string of the molecule is COc1ccc(S(=O)(=O)NC(C)C)cc1NC(=O)C(C)SCc1ccccc1. The van der Waals surface area contributed by atoms with Crippen LogP contribution in [0.1, 0.15) is 26.3 Å². The van der Waals surface area contributed by atoms with Gasteiger partial charge in [-0.1, -0.05) is 30.3 Å². The van der Waals surface area contributed by atoms with Crippen molar-refractivity contribution in [2.75, 3.05) is 12.4 Å². The summed E-state index contributed by atoms with van der Waals surface area (Å²) in [5.41, 5.74) is 1.46. The van der Waals surface area contributed by atoms with Crippen molar-refractivity contribution in [3.05, 3.63) is 54.1 Å². The normalized spacial score (nSPS) is 12.6. The van der Waals surface area contributed by atoms with E-state index in [1.165, 1.54) is 37.1 Å². The highest BCUT2D eigenvalue weighted by Gasteiger charge is 2.20. The number of ether oxygens (including phenoxy) is 1.